The summed E-state index contributed by atoms with van der Waals surface area (Å²) in [6, 6.07) is 4.51. The quantitative estimate of drug-likeness (QED) is 0.869. The molecule has 1 atom stereocenters. The van der Waals surface area contributed by atoms with Gasteiger partial charge in [-0.05, 0) is 52.0 Å². The van der Waals surface area contributed by atoms with Gasteiger partial charge in [-0.1, -0.05) is 0 Å². The van der Waals surface area contributed by atoms with Crippen molar-refractivity contribution >= 4 is 15.9 Å². The average molecular weight is 371 g/mol. The molecule has 0 aliphatic carbocycles. The number of benzene rings is 1. The molecule has 0 spiro atoms. The Morgan fingerprint density at radius 1 is 1.12 bits per heavy atom. The smallest absolute Gasteiger partial charge is 0.243 e. The van der Waals surface area contributed by atoms with Crippen LogP contribution in [0.4, 0.5) is 4.39 Å². The number of hydrogen-bond acceptors (Lipinski definition) is 4. The summed E-state index contributed by atoms with van der Waals surface area (Å²) in [6.45, 7) is 9.13. The molecule has 0 radical (unpaired) electrons. The molecule has 140 valence electrons. The Morgan fingerprint density at radius 3 is 2.12 bits per heavy atom. The Labute approximate surface area is 149 Å². The monoisotopic (exact) mass is 371 g/mol. The van der Waals surface area contributed by atoms with Gasteiger partial charge in [0.15, 0.2) is 0 Å². The summed E-state index contributed by atoms with van der Waals surface area (Å²) < 4.78 is 39.6. The second-order valence-corrected chi connectivity index (χ2v) is 9.25. The van der Waals surface area contributed by atoms with Gasteiger partial charge in [-0.25, -0.2) is 12.8 Å². The molecule has 6 nitrogen and oxygen atoms in total. The van der Waals surface area contributed by atoms with E-state index in [0.717, 1.165) is 12.1 Å². The van der Waals surface area contributed by atoms with Gasteiger partial charge in [-0.2, -0.15) is 4.31 Å². The first-order chi connectivity index (χ1) is 11.5. The van der Waals surface area contributed by atoms with Crippen LogP contribution in [-0.2, 0) is 14.8 Å². The number of nitrogens with zero attached hydrogens (tertiary/aromatic N) is 2. The molecule has 1 N–H and O–H groups in total. The molecule has 0 unspecified atom stereocenters. The van der Waals surface area contributed by atoms with Crippen LogP contribution in [0.3, 0.4) is 0 Å². The molecule has 8 heteroatoms. The van der Waals surface area contributed by atoms with E-state index in [2.05, 4.69) is 5.32 Å². The number of halogens is 1. The van der Waals surface area contributed by atoms with Gasteiger partial charge >= 0.3 is 0 Å². The van der Waals surface area contributed by atoms with Crippen molar-refractivity contribution in [3.63, 3.8) is 0 Å². The summed E-state index contributed by atoms with van der Waals surface area (Å²) in [6.07, 6.45) is 0. The maximum absolute atomic E-state index is 13.0. The Kier molecular flexibility index (Phi) is 5.86. The summed E-state index contributed by atoms with van der Waals surface area (Å²) in [7, 11) is -3.64. The van der Waals surface area contributed by atoms with Crippen molar-refractivity contribution < 1.29 is 17.6 Å². The highest BCUT2D eigenvalue weighted by atomic mass is 32.2. The van der Waals surface area contributed by atoms with Gasteiger partial charge < -0.3 is 5.32 Å². The number of rotatable bonds is 4. The summed E-state index contributed by atoms with van der Waals surface area (Å²) in [5.74, 6) is -0.537. The zero-order valence-corrected chi connectivity index (χ0v) is 15.9. The van der Waals surface area contributed by atoms with Crippen LogP contribution < -0.4 is 5.32 Å². The van der Waals surface area contributed by atoms with Crippen molar-refractivity contribution in [2.24, 2.45) is 0 Å². The second kappa shape index (κ2) is 7.39. The van der Waals surface area contributed by atoms with E-state index >= 15 is 0 Å². The third-order valence-electron chi connectivity index (χ3n) is 4.15. The molecule has 2 rings (SSSR count). The summed E-state index contributed by atoms with van der Waals surface area (Å²) in [5.41, 5.74) is -0.306. The van der Waals surface area contributed by atoms with Crippen molar-refractivity contribution in [3.8, 4) is 0 Å². The van der Waals surface area contributed by atoms with Crippen LogP contribution in [0.1, 0.15) is 27.7 Å². The van der Waals surface area contributed by atoms with Crippen molar-refractivity contribution in [2.45, 2.75) is 44.2 Å². The van der Waals surface area contributed by atoms with Crippen LogP contribution in [0.15, 0.2) is 29.2 Å². The van der Waals surface area contributed by atoms with Crippen LogP contribution in [0.2, 0.25) is 0 Å². The SMILES string of the molecule is C[C@@H](C(=O)NC(C)(C)C)N1CCN(S(=O)(=O)c2ccc(F)cc2)CC1. The molecule has 25 heavy (non-hydrogen) atoms. The van der Waals surface area contributed by atoms with E-state index < -0.39 is 15.8 Å². The average Bonchev–Trinajstić information content (AvgIpc) is 2.53. The standard InChI is InChI=1S/C17H26FN3O3S/c1-13(16(22)19-17(2,3)4)20-9-11-21(12-10-20)25(23,24)15-7-5-14(18)6-8-15/h5-8,13H,9-12H2,1-4H3,(H,19,22)/t13-/m0/s1. The molecule has 1 aliphatic heterocycles. The molecule has 1 aromatic carbocycles. The Hall–Kier alpha value is -1.51. The van der Waals surface area contributed by atoms with Crippen LogP contribution in [0.5, 0.6) is 0 Å². The van der Waals surface area contributed by atoms with Crippen molar-refractivity contribution in [2.75, 3.05) is 26.2 Å². The molecular formula is C17H26FN3O3S. The molecule has 1 heterocycles. The van der Waals surface area contributed by atoms with Gasteiger partial charge in [0.1, 0.15) is 5.82 Å². The normalized spacial score (nSPS) is 18.8. The number of piperazine rings is 1. The lowest BCUT2D eigenvalue weighted by molar-refractivity contribution is -0.127. The minimum absolute atomic E-state index is 0.0673. The summed E-state index contributed by atoms with van der Waals surface area (Å²) in [4.78, 5) is 14.3. The fraction of sp³-hybridized carbons (Fsp3) is 0.588. The Bertz CT molecular complexity index is 706. The van der Waals surface area contributed by atoms with E-state index in [0.29, 0.717) is 26.2 Å². The molecular weight excluding hydrogens is 345 g/mol. The number of amides is 1. The predicted molar refractivity (Wildman–Crippen MR) is 94.1 cm³/mol. The van der Waals surface area contributed by atoms with Crippen molar-refractivity contribution in [1.29, 1.82) is 0 Å². The third-order valence-corrected chi connectivity index (χ3v) is 6.06. The van der Waals surface area contributed by atoms with Gasteiger partial charge in [0.2, 0.25) is 15.9 Å². The van der Waals surface area contributed by atoms with E-state index in [-0.39, 0.29) is 22.4 Å². The molecule has 1 fully saturated rings. The topological polar surface area (TPSA) is 69.7 Å². The third kappa shape index (κ3) is 4.99. The summed E-state index contributed by atoms with van der Waals surface area (Å²) >= 11 is 0. The molecule has 1 saturated heterocycles. The lowest BCUT2D eigenvalue weighted by Crippen LogP contribution is -2.56. The maximum atomic E-state index is 13.0. The number of hydrogen-bond donors (Lipinski definition) is 1. The number of sulfonamides is 1. The first kappa shape index (κ1) is 19.8. The lowest BCUT2D eigenvalue weighted by Gasteiger charge is -2.37. The fourth-order valence-electron chi connectivity index (χ4n) is 2.73. The molecule has 0 aromatic heterocycles. The number of carbonyl (C=O) groups is 1. The minimum atomic E-state index is -3.64. The highest BCUT2D eigenvalue weighted by Gasteiger charge is 2.32. The largest absolute Gasteiger partial charge is 0.350 e. The van der Waals surface area contributed by atoms with Crippen LogP contribution in [0.25, 0.3) is 0 Å². The van der Waals surface area contributed by atoms with Crippen LogP contribution in [0, 0.1) is 5.82 Å². The van der Waals surface area contributed by atoms with E-state index in [1.165, 1.54) is 16.4 Å². The Balaban J connectivity index is 1.99. The molecule has 1 aliphatic rings. The first-order valence-electron chi connectivity index (χ1n) is 8.32. The van der Waals surface area contributed by atoms with E-state index in [9.17, 15) is 17.6 Å². The van der Waals surface area contributed by atoms with E-state index in [1.807, 2.05) is 32.6 Å². The zero-order chi connectivity index (χ0) is 18.8. The molecule has 0 bridgehead atoms. The predicted octanol–water partition coefficient (Wildman–Crippen LogP) is 1.44. The second-order valence-electron chi connectivity index (χ2n) is 7.31. The molecule has 1 amide bonds. The number of carbonyl (C=O) groups excluding carboxylic acids is 1. The lowest BCUT2D eigenvalue weighted by atomic mass is 10.1. The molecule has 0 saturated carbocycles. The van der Waals surface area contributed by atoms with E-state index in [1.54, 1.807) is 0 Å². The van der Waals surface area contributed by atoms with Gasteiger partial charge in [-0.15, -0.1) is 0 Å². The Morgan fingerprint density at radius 2 is 1.64 bits per heavy atom. The summed E-state index contributed by atoms with van der Waals surface area (Å²) in [5, 5.41) is 2.94. The first-order valence-corrected chi connectivity index (χ1v) is 9.76. The maximum Gasteiger partial charge on any atom is 0.243 e. The van der Waals surface area contributed by atoms with Crippen molar-refractivity contribution in [1.82, 2.24) is 14.5 Å². The van der Waals surface area contributed by atoms with Crippen LogP contribution >= 0.6 is 0 Å². The van der Waals surface area contributed by atoms with E-state index in [4.69, 9.17) is 0 Å². The molecule has 1 aromatic rings. The minimum Gasteiger partial charge on any atom is -0.350 e. The zero-order valence-electron chi connectivity index (χ0n) is 15.1. The van der Waals surface area contributed by atoms with Crippen molar-refractivity contribution in [3.05, 3.63) is 30.1 Å². The van der Waals surface area contributed by atoms with Gasteiger partial charge in [-0.3, -0.25) is 9.69 Å². The van der Waals surface area contributed by atoms with Gasteiger partial charge in [0.25, 0.3) is 0 Å². The highest BCUT2D eigenvalue weighted by Crippen LogP contribution is 2.19. The fourth-order valence-corrected chi connectivity index (χ4v) is 4.15. The highest BCUT2D eigenvalue weighted by molar-refractivity contribution is 7.89. The van der Waals surface area contributed by atoms with Crippen LogP contribution in [-0.4, -0.2) is 61.3 Å². The van der Waals surface area contributed by atoms with Gasteiger partial charge in [0.05, 0.1) is 10.9 Å². The van der Waals surface area contributed by atoms with Gasteiger partial charge in [0, 0.05) is 31.7 Å². The number of nitrogens with one attached hydrogen (secondary N) is 1.